The van der Waals surface area contributed by atoms with Crippen molar-refractivity contribution in [1.82, 2.24) is 14.8 Å². The average molecular weight is 492 g/mol. The summed E-state index contributed by atoms with van der Waals surface area (Å²) < 4.78 is 47.2. The number of rotatable bonds is 7. The average Bonchev–Trinajstić information content (AvgIpc) is 3.02. The molecule has 1 amide bonds. The van der Waals surface area contributed by atoms with Crippen molar-refractivity contribution >= 4 is 33.3 Å². The third kappa shape index (κ3) is 5.18. The summed E-state index contributed by atoms with van der Waals surface area (Å²) >= 11 is 0. The van der Waals surface area contributed by atoms with Gasteiger partial charge in [0, 0.05) is 45.0 Å². The Labute approximate surface area is 197 Å². The van der Waals surface area contributed by atoms with E-state index >= 15 is 4.39 Å². The number of amides is 1. The number of Topliss-reactive ketones (excluding diaryl/α,β-unsaturated/α-hetero) is 1. The fourth-order valence-corrected chi connectivity index (χ4v) is 5.27. The maximum Gasteiger partial charge on any atom is 0.414 e. The Bertz CT molecular complexity index is 1160. The van der Waals surface area contributed by atoms with Gasteiger partial charge >= 0.3 is 6.09 Å². The predicted molar refractivity (Wildman–Crippen MR) is 122 cm³/mol. The van der Waals surface area contributed by atoms with Gasteiger partial charge in [-0.25, -0.2) is 23.0 Å². The van der Waals surface area contributed by atoms with Crippen LogP contribution in [0.25, 0.3) is 0 Å². The van der Waals surface area contributed by atoms with Gasteiger partial charge in [-0.15, -0.1) is 4.41 Å². The molecule has 0 bridgehead atoms. The van der Waals surface area contributed by atoms with E-state index in [1.807, 2.05) is 0 Å². The summed E-state index contributed by atoms with van der Waals surface area (Å²) in [6.07, 6.45) is 2.58. The first-order valence-electron chi connectivity index (χ1n) is 10.9. The van der Waals surface area contributed by atoms with Crippen LogP contribution in [0.15, 0.2) is 47.6 Å². The van der Waals surface area contributed by atoms with Crippen molar-refractivity contribution in [2.24, 2.45) is 0 Å². The van der Waals surface area contributed by atoms with E-state index in [-0.39, 0.29) is 30.3 Å². The number of ketones is 1. The molecule has 0 radical (unpaired) electrons. The second kappa shape index (κ2) is 10.0. The van der Waals surface area contributed by atoms with E-state index in [1.54, 1.807) is 17.0 Å². The lowest BCUT2D eigenvalue weighted by Gasteiger charge is -2.24. The largest absolute Gasteiger partial charge is 0.444 e. The van der Waals surface area contributed by atoms with Crippen molar-refractivity contribution in [2.75, 3.05) is 42.5 Å². The number of hydrogen-bond donors (Lipinski definition) is 1. The SMILES string of the molecule is CC(=O)CC[C@H]1CN(c2ccc(N3CCNN(S(=O)(=O)c4ccncc4)CC3)c(F)c2)C(=O)O1. The van der Waals surface area contributed by atoms with Gasteiger partial charge in [-0.05, 0) is 43.7 Å². The number of hydrazine groups is 1. The Balaban J connectivity index is 1.43. The minimum atomic E-state index is -3.76. The van der Waals surface area contributed by atoms with Crippen molar-refractivity contribution in [2.45, 2.75) is 30.8 Å². The molecule has 2 fully saturated rings. The highest BCUT2D eigenvalue weighted by atomic mass is 32.2. The monoisotopic (exact) mass is 491 g/mol. The molecule has 10 nitrogen and oxygen atoms in total. The minimum Gasteiger partial charge on any atom is -0.444 e. The molecule has 3 heterocycles. The van der Waals surface area contributed by atoms with Crippen LogP contribution in [0.3, 0.4) is 0 Å². The molecular weight excluding hydrogens is 465 g/mol. The van der Waals surface area contributed by atoms with E-state index in [4.69, 9.17) is 4.74 Å². The molecule has 4 rings (SSSR count). The molecule has 1 N–H and O–H groups in total. The van der Waals surface area contributed by atoms with E-state index in [2.05, 4.69) is 10.4 Å². The van der Waals surface area contributed by atoms with E-state index in [0.29, 0.717) is 37.3 Å². The van der Waals surface area contributed by atoms with E-state index < -0.39 is 28.0 Å². The highest BCUT2D eigenvalue weighted by molar-refractivity contribution is 7.89. The van der Waals surface area contributed by atoms with Gasteiger partial charge < -0.3 is 14.4 Å². The Morgan fingerprint density at radius 2 is 1.97 bits per heavy atom. The fourth-order valence-electron chi connectivity index (χ4n) is 3.96. The van der Waals surface area contributed by atoms with Gasteiger partial charge in [-0.1, -0.05) is 0 Å². The highest BCUT2D eigenvalue weighted by Gasteiger charge is 2.33. The quantitative estimate of drug-likeness (QED) is 0.625. The molecule has 182 valence electrons. The van der Waals surface area contributed by atoms with E-state index in [9.17, 15) is 18.0 Å². The Morgan fingerprint density at radius 1 is 1.21 bits per heavy atom. The minimum absolute atomic E-state index is 0.0176. The maximum absolute atomic E-state index is 15.1. The third-order valence-electron chi connectivity index (χ3n) is 5.76. The topological polar surface area (TPSA) is 112 Å². The zero-order chi connectivity index (χ0) is 24.3. The summed E-state index contributed by atoms with van der Waals surface area (Å²) in [6, 6.07) is 7.33. The maximum atomic E-state index is 15.1. The van der Waals surface area contributed by atoms with Gasteiger partial charge in [-0.2, -0.15) is 0 Å². The number of nitrogens with zero attached hydrogens (tertiary/aromatic N) is 4. The number of hydrogen-bond acceptors (Lipinski definition) is 8. The smallest absolute Gasteiger partial charge is 0.414 e. The molecule has 2 aromatic rings. The zero-order valence-electron chi connectivity index (χ0n) is 18.7. The summed E-state index contributed by atoms with van der Waals surface area (Å²) in [5.41, 5.74) is 3.57. The summed E-state index contributed by atoms with van der Waals surface area (Å²) in [5.74, 6) is -0.507. The summed E-state index contributed by atoms with van der Waals surface area (Å²) in [4.78, 5) is 30.5. The van der Waals surface area contributed by atoms with Crippen LogP contribution in [-0.2, 0) is 19.6 Å². The number of carbonyl (C=O) groups excluding carboxylic acids is 2. The molecule has 1 aromatic heterocycles. The molecular formula is C22H26FN5O5S. The standard InChI is InChI=1S/C22H26FN5O5S/c1-16(29)2-4-18-15-27(22(30)33-18)17-3-5-21(20(23)14-17)26-11-10-25-28(13-12-26)34(31,32)19-6-8-24-9-7-19/h3,5-9,14,18,25H,2,4,10-13,15H2,1H3/t18-/m0/s1. The predicted octanol–water partition coefficient (Wildman–Crippen LogP) is 1.93. The van der Waals surface area contributed by atoms with Crippen molar-refractivity contribution in [3.05, 3.63) is 48.5 Å². The molecule has 2 saturated heterocycles. The molecule has 0 aliphatic carbocycles. The van der Waals surface area contributed by atoms with Crippen LogP contribution in [-0.4, -0.2) is 68.5 Å². The van der Waals surface area contributed by atoms with Crippen molar-refractivity contribution in [1.29, 1.82) is 0 Å². The van der Waals surface area contributed by atoms with Crippen LogP contribution in [0.2, 0.25) is 0 Å². The molecule has 1 aromatic carbocycles. The van der Waals surface area contributed by atoms with Gasteiger partial charge in [0.1, 0.15) is 17.7 Å². The molecule has 0 unspecified atom stereocenters. The van der Waals surface area contributed by atoms with Gasteiger partial charge in [0.05, 0.1) is 22.8 Å². The number of carbonyl (C=O) groups is 2. The summed E-state index contributed by atoms with van der Waals surface area (Å²) in [6.45, 7) is 2.79. The van der Waals surface area contributed by atoms with Crippen LogP contribution in [0.5, 0.6) is 0 Å². The van der Waals surface area contributed by atoms with Crippen molar-refractivity contribution in [3.63, 3.8) is 0 Å². The first kappa shape index (κ1) is 24.0. The normalized spacial score (nSPS) is 19.7. The first-order chi connectivity index (χ1) is 16.3. The lowest BCUT2D eigenvalue weighted by molar-refractivity contribution is -0.117. The number of pyridine rings is 1. The number of nitrogens with one attached hydrogen (secondary N) is 1. The second-order valence-electron chi connectivity index (χ2n) is 8.15. The second-order valence-corrected chi connectivity index (χ2v) is 10.0. The van der Waals surface area contributed by atoms with Gasteiger partial charge in [-0.3, -0.25) is 9.88 Å². The Hall–Kier alpha value is -3.09. The van der Waals surface area contributed by atoms with Gasteiger partial charge in [0.15, 0.2) is 0 Å². The fraction of sp³-hybridized carbons (Fsp3) is 0.409. The van der Waals surface area contributed by atoms with Crippen LogP contribution in [0.4, 0.5) is 20.6 Å². The van der Waals surface area contributed by atoms with E-state index in [1.165, 1.54) is 42.4 Å². The van der Waals surface area contributed by atoms with Crippen LogP contribution in [0.1, 0.15) is 19.8 Å². The molecule has 2 aliphatic heterocycles. The van der Waals surface area contributed by atoms with Gasteiger partial charge in [0.25, 0.3) is 10.0 Å². The summed E-state index contributed by atoms with van der Waals surface area (Å²) in [7, 11) is -3.76. The van der Waals surface area contributed by atoms with Crippen LogP contribution >= 0.6 is 0 Å². The molecule has 2 aliphatic rings. The number of cyclic esters (lactones) is 1. The van der Waals surface area contributed by atoms with Crippen LogP contribution in [0, 0.1) is 5.82 Å². The molecule has 12 heteroatoms. The number of halogens is 1. The van der Waals surface area contributed by atoms with Crippen molar-refractivity contribution in [3.8, 4) is 0 Å². The summed E-state index contributed by atoms with van der Waals surface area (Å²) in [5, 5.41) is 0. The third-order valence-corrected chi connectivity index (χ3v) is 7.52. The number of anilines is 2. The van der Waals surface area contributed by atoms with Gasteiger partial charge in [0.2, 0.25) is 0 Å². The molecule has 0 spiro atoms. The lowest BCUT2D eigenvalue weighted by atomic mass is 10.1. The lowest BCUT2D eigenvalue weighted by Crippen LogP contribution is -2.43. The number of benzene rings is 1. The van der Waals surface area contributed by atoms with Crippen molar-refractivity contribution < 1.29 is 27.1 Å². The Morgan fingerprint density at radius 3 is 2.68 bits per heavy atom. The van der Waals surface area contributed by atoms with Crippen LogP contribution < -0.4 is 15.2 Å². The zero-order valence-corrected chi connectivity index (χ0v) is 19.5. The molecule has 1 atom stereocenters. The van der Waals surface area contributed by atoms with E-state index in [0.717, 1.165) is 4.41 Å². The number of ether oxygens (including phenoxy) is 1. The number of aromatic nitrogens is 1. The first-order valence-corrected chi connectivity index (χ1v) is 12.4. The Kier molecular flexibility index (Phi) is 7.10. The molecule has 34 heavy (non-hydrogen) atoms. The highest BCUT2D eigenvalue weighted by Crippen LogP contribution is 2.29. The molecule has 0 saturated carbocycles. The number of sulfonamides is 1.